The molecule has 1 amide bonds. The minimum Gasteiger partial charge on any atom is -0.493 e. The summed E-state index contributed by atoms with van der Waals surface area (Å²) < 4.78 is 11.2. The molecule has 0 radical (unpaired) electrons. The minimum atomic E-state index is -0.632. The average Bonchev–Trinajstić information content (AvgIpc) is 2.72. The van der Waals surface area contributed by atoms with E-state index in [1.807, 2.05) is 24.3 Å². The van der Waals surface area contributed by atoms with Gasteiger partial charge >= 0.3 is 0 Å². The van der Waals surface area contributed by atoms with Crippen molar-refractivity contribution in [3.05, 3.63) is 57.6 Å². The molecular formula is C21H25Cl2N3O4. The SMILES string of the molecule is CCOc1cc(N)c(Cl)cc1C(=O)N(O)CC1CN(Cc2ccccc2Cl)CCO1. The molecule has 9 heteroatoms. The van der Waals surface area contributed by atoms with Crippen molar-refractivity contribution in [2.24, 2.45) is 0 Å². The van der Waals surface area contributed by atoms with E-state index in [4.69, 9.17) is 38.4 Å². The van der Waals surface area contributed by atoms with Gasteiger partial charge in [0.2, 0.25) is 0 Å². The van der Waals surface area contributed by atoms with Crippen LogP contribution < -0.4 is 10.5 Å². The molecule has 30 heavy (non-hydrogen) atoms. The third kappa shape index (κ3) is 5.56. The van der Waals surface area contributed by atoms with Crippen LogP contribution in [-0.2, 0) is 11.3 Å². The maximum atomic E-state index is 12.8. The Morgan fingerprint density at radius 1 is 1.33 bits per heavy atom. The number of hydrogen-bond acceptors (Lipinski definition) is 6. The summed E-state index contributed by atoms with van der Waals surface area (Å²) in [5.41, 5.74) is 7.26. The number of amides is 1. The number of hydrogen-bond donors (Lipinski definition) is 2. The molecule has 1 aliphatic heterocycles. The summed E-state index contributed by atoms with van der Waals surface area (Å²) in [7, 11) is 0. The molecule has 1 fully saturated rings. The van der Waals surface area contributed by atoms with Gasteiger partial charge in [-0.1, -0.05) is 41.4 Å². The van der Waals surface area contributed by atoms with E-state index in [9.17, 15) is 10.0 Å². The number of anilines is 1. The van der Waals surface area contributed by atoms with Gasteiger partial charge in [-0.05, 0) is 24.6 Å². The molecule has 1 aliphatic rings. The van der Waals surface area contributed by atoms with Gasteiger partial charge in [0, 0.05) is 30.7 Å². The fraction of sp³-hybridized carbons (Fsp3) is 0.381. The normalized spacial score (nSPS) is 17.0. The van der Waals surface area contributed by atoms with Gasteiger partial charge in [-0.25, -0.2) is 5.06 Å². The van der Waals surface area contributed by atoms with Crippen LogP contribution in [0.4, 0.5) is 5.69 Å². The number of benzene rings is 2. The smallest absolute Gasteiger partial charge is 0.281 e. The zero-order valence-corrected chi connectivity index (χ0v) is 18.2. The summed E-state index contributed by atoms with van der Waals surface area (Å²) >= 11 is 12.3. The van der Waals surface area contributed by atoms with Crippen LogP contribution in [-0.4, -0.2) is 60.0 Å². The molecule has 1 unspecified atom stereocenters. The minimum absolute atomic E-state index is 0.00537. The summed E-state index contributed by atoms with van der Waals surface area (Å²) in [6.07, 6.45) is -0.352. The summed E-state index contributed by atoms with van der Waals surface area (Å²) in [6.45, 7) is 4.59. The van der Waals surface area contributed by atoms with Crippen molar-refractivity contribution in [3.8, 4) is 5.75 Å². The molecule has 2 aromatic rings. The Morgan fingerprint density at radius 2 is 2.10 bits per heavy atom. The highest BCUT2D eigenvalue weighted by molar-refractivity contribution is 6.33. The van der Waals surface area contributed by atoms with Crippen LogP contribution in [0.25, 0.3) is 0 Å². The Balaban J connectivity index is 1.65. The summed E-state index contributed by atoms with van der Waals surface area (Å²) in [6, 6.07) is 10.6. The van der Waals surface area contributed by atoms with Crippen molar-refractivity contribution in [1.82, 2.24) is 9.96 Å². The number of carbonyl (C=O) groups excluding carboxylic acids is 1. The Morgan fingerprint density at radius 3 is 2.83 bits per heavy atom. The van der Waals surface area contributed by atoms with Gasteiger partial charge in [0.15, 0.2) is 0 Å². The largest absolute Gasteiger partial charge is 0.493 e. The lowest BCUT2D eigenvalue weighted by Crippen LogP contribution is -2.47. The zero-order chi connectivity index (χ0) is 21.7. The lowest BCUT2D eigenvalue weighted by atomic mass is 10.1. The van der Waals surface area contributed by atoms with Crippen LogP contribution in [0.15, 0.2) is 36.4 Å². The van der Waals surface area contributed by atoms with Crippen molar-refractivity contribution < 1.29 is 19.5 Å². The van der Waals surface area contributed by atoms with Crippen molar-refractivity contribution in [3.63, 3.8) is 0 Å². The van der Waals surface area contributed by atoms with Crippen LogP contribution in [0, 0.1) is 0 Å². The van der Waals surface area contributed by atoms with Crippen LogP contribution >= 0.6 is 23.2 Å². The van der Waals surface area contributed by atoms with E-state index in [0.717, 1.165) is 12.1 Å². The van der Waals surface area contributed by atoms with Crippen molar-refractivity contribution >= 4 is 34.8 Å². The molecular weight excluding hydrogens is 429 g/mol. The summed E-state index contributed by atoms with van der Waals surface area (Å²) in [5, 5.41) is 12.0. The fourth-order valence-electron chi connectivity index (χ4n) is 3.33. The molecule has 1 heterocycles. The Bertz CT molecular complexity index is 897. The highest BCUT2D eigenvalue weighted by atomic mass is 35.5. The standard InChI is InChI=1S/C21H25Cl2N3O4/c1-2-29-20-10-19(24)18(23)9-16(20)21(27)26(28)13-15-12-25(7-8-30-15)11-14-5-3-4-6-17(14)22/h3-6,9-10,15,28H,2,7-8,11-13,24H2,1H3. The number of rotatable bonds is 7. The van der Waals surface area contributed by atoms with Crippen LogP contribution in [0.1, 0.15) is 22.8 Å². The lowest BCUT2D eigenvalue weighted by Gasteiger charge is -2.34. The lowest BCUT2D eigenvalue weighted by molar-refractivity contribution is -0.111. The Labute approximate surface area is 185 Å². The number of carbonyl (C=O) groups is 1. The molecule has 0 spiro atoms. The van der Waals surface area contributed by atoms with Gasteiger partial charge in [-0.15, -0.1) is 0 Å². The third-order valence-corrected chi connectivity index (χ3v) is 5.51. The second kappa shape index (κ2) is 10.3. The maximum absolute atomic E-state index is 12.8. The van der Waals surface area contributed by atoms with E-state index in [2.05, 4.69) is 4.90 Å². The van der Waals surface area contributed by atoms with Gasteiger partial charge in [-0.3, -0.25) is 14.9 Å². The molecule has 1 atom stereocenters. The van der Waals surface area contributed by atoms with Crippen LogP contribution in [0.3, 0.4) is 0 Å². The first-order valence-electron chi connectivity index (χ1n) is 9.69. The van der Waals surface area contributed by atoms with Gasteiger partial charge < -0.3 is 15.2 Å². The molecule has 162 valence electrons. The van der Waals surface area contributed by atoms with Crippen LogP contribution in [0.2, 0.25) is 10.0 Å². The molecule has 0 aromatic heterocycles. The molecule has 0 bridgehead atoms. The number of ether oxygens (including phenoxy) is 2. The van der Waals surface area contributed by atoms with Crippen molar-refractivity contribution in [2.75, 3.05) is 38.6 Å². The average molecular weight is 454 g/mol. The first kappa shape index (κ1) is 22.7. The zero-order valence-electron chi connectivity index (χ0n) is 16.7. The fourth-order valence-corrected chi connectivity index (χ4v) is 3.69. The third-order valence-electron chi connectivity index (χ3n) is 4.81. The number of nitrogens with two attached hydrogens (primary N) is 1. The van der Waals surface area contributed by atoms with Gasteiger partial charge in [0.1, 0.15) is 5.75 Å². The van der Waals surface area contributed by atoms with E-state index in [-0.39, 0.29) is 29.0 Å². The number of nitrogens with zero attached hydrogens (tertiary/aromatic N) is 2. The molecule has 2 aromatic carbocycles. The summed E-state index contributed by atoms with van der Waals surface area (Å²) in [4.78, 5) is 15.0. The quantitative estimate of drug-likeness (QED) is 0.377. The van der Waals surface area contributed by atoms with Crippen molar-refractivity contribution in [1.29, 1.82) is 0 Å². The van der Waals surface area contributed by atoms with Gasteiger partial charge in [-0.2, -0.15) is 0 Å². The van der Waals surface area contributed by atoms with E-state index >= 15 is 0 Å². The van der Waals surface area contributed by atoms with E-state index in [1.54, 1.807) is 6.92 Å². The van der Waals surface area contributed by atoms with Crippen LogP contribution in [0.5, 0.6) is 5.75 Å². The van der Waals surface area contributed by atoms with E-state index < -0.39 is 5.91 Å². The van der Waals surface area contributed by atoms with E-state index in [1.165, 1.54) is 12.1 Å². The highest BCUT2D eigenvalue weighted by Gasteiger charge is 2.27. The second-order valence-corrected chi connectivity index (χ2v) is 7.82. The maximum Gasteiger partial charge on any atom is 0.281 e. The molecule has 3 N–H and O–H groups in total. The predicted molar refractivity (Wildman–Crippen MR) is 116 cm³/mol. The number of morpholine rings is 1. The van der Waals surface area contributed by atoms with E-state index in [0.29, 0.717) is 42.1 Å². The molecule has 0 saturated carbocycles. The predicted octanol–water partition coefficient (Wildman–Crippen LogP) is 3.71. The number of halogens is 2. The highest BCUT2D eigenvalue weighted by Crippen LogP contribution is 2.30. The Hall–Kier alpha value is -2.03. The first-order chi connectivity index (χ1) is 14.4. The van der Waals surface area contributed by atoms with Crippen molar-refractivity contribution in [2.45, 2.75) is 19.6 Å². The van der Waals surface area contributed by atoms with Gasteiger partial charge in [0.05, 0.1) is 42.1 Å². The number of hydroxylamine groups is 2. The molecule has 3 rings (SSSR count). The van der Waals surface area contributed by atoms with Gasteiger partial charge in [0.25, 0.3) is 5.91 Å². The topological polar surface area (TPSA) is 88.3 Å². The Kier molecular flexibility index (Phi) is 7.80. The molecule has 1 saturated heterocycles. The summed E-state index contributed by atoms with van der Waals surface area (Å²) in [5.74, 6) is -0.361. The first-order valence-corrected chi connectivity index (χ1v) is 10.4. The number of nitrogen functional groups attached to an aromatic ring is 1. The second-order valence-electron chi connectivity index (χ2n) is 7.01. The molecule has 7 nitrogen and oxygen atoms in total. The molecule has 0 aliphatic carbocycles. The monoisotopic (exact) mass is 453 g/mol.